The number of aliphatic carboxylic acids is 1. The molecule has 0 bridgehead atoms. The van der Waals surface area contributed by atoms with Gasteiger partial charge in [0.1, 0.15) is 5.54 Å². The van der Waals surface area contributed by atoms with Crippen molar-refractivity contribution in [3.63, 3.8) is 0 Å². The predicted molar refractivity (Wildman–Crippen MR) is 84.5 cm³/mol. The van der Waals surface area contributed by atoms with E-state index in [9.17, 15) is 14.7 Å². The largest absolute Gasteiger partial charge is 0.480 e. The molecular weight excluding hydrogens is 296 g/mol. The highest BCUT2D eigenvalue weighted by atomic mass is 16.4. The molecule has 1 unspecified atom stereocenters. The SMILES string of the molecule is CCCC(C)(NC(=O)c1cn(-c2cccc(C)c2)nn1)C(=O)O. The van der Waals surface area contributed by atoms with Crippen LogP contribution < -0.4 is 5.32 Å². The highest BCUT2D eigenvalue weighted by Crippen LogP contribution is 2.14. The van der Waals surface area contributed by atoms with Crippen LogP contribution in [-0.4, -0.2) is 37.5 Å². The molecule has 1 aromatic carbocycles. The van der Waals surface area contributed by atoms with Gasteiger partial charge in [-0.05, 0) is 38.0 Å². The monoisotopic (exact) mass is 316 g/mol. The number of rotatable bonds is 6. The van der Waals surface area contributed by atoms with Crippen molar-refractivity contribution in [2.45, 2.75) is 39.2 Å². The van der Waals surface area contributed by atoms with E-state index in [1.807, 2.05) is 38.1 Å². The number of carbonyl (C=O) groups is 2. The standard InChI is InChI=1S/C16H20N4O3/c1-4-8-16(3,15(22)23)17-14(21)13-10-20(19-18-13)12-7-5-6-11(2)9-12/h5-7,9-10H,4,8H2,1-3H3,(H,17,21)(H,22,23). The van der Waals surface area contributed by atoms with E-state index in [2.05, 4.69) is 15.6 Å². The van der Waals surface area contributed by atoms with E-state index in [1.54, 1.807) is 0 Å². The minimum absolute atomic E-state index is 0.0788. The Labute approximate surface area is 134 Å². The van der Waals surface area contributed by atoms with Crippen molar-refractivity contribution >= 4 is 11.9 Å². The second-order valence-electron chi connectivity index (χ2n) is 5.73. The minimum Gasteiger partial charge on any atom is -0.480 e. The summed E-state index contributed by atoms with van der Waals surface area (Å²) in [6.45, 7) is 5.31. The van der Waals surface area contributed by atoms with Gasteiger partial charge in [0.2, 0.25) is 0 Å². The van der Waals surface area contributed by atoms with E-state index < -0.39 is 17.4 Å². The predicted octanol–water partition coefficient (Wildman–Crippen LogP) is 1.95. The Hall–Kier alpha value is -2.70. The van der Waals surface area contributed by atoms with Crippen molar-refractivity contribution in [2.75, 3.05) is 0 Å². The molecule has 0 aliphatic heterocycles. The van der Waals surface area contributed by atoms with Gasteiger partial charge in [0, 0.05) is 0 Å². The molecule has 0 aliphatic carbocycles. The van der Waals surface area contributed by atoms with Gasteiger partial charge in [-0.1, -0.05) is 30.7 Å². The number of benzene rings is 1. The Bertz CT molecular complexity index is 726. The van der Waals surface area contributed by atoms with Gasteiger partial charge in [0.05, 0.1) is 11.9 Å². The molecular formula is C16H20N4O3. The first-order chi connectivity index (χ1) is 10.9. The summed E-state index contributed by atoms with van der Waals surface area (Å²) < 4.78 is 1.49. The van der Waals surface area contributed by atoms with E-state index in [-0.39, 0.29) is 5.69 Å². The van der Waals surface area contributed by atoms with Gasteiger partial charge < -0.3 is 10.4 Å². The van der Waals surface area contributed by atoms with Gasteiger partial charge in [-0.3, -0.25) is 4.79 Å². The molecule has 2 N–H and O–H groups in total. The number of aryl methyl sites for hydroxylation is 1. The fourth-order valence-corrected chi connectivity index (χ4v) is 2.30. The third-order valence-corrected chi connectivity index (χ3v) is 3.60. The molecule has 1 heterocycles. The van der Waals surface area contributed by atoms with Gasteiger partial charge in [0.15, 0.2) is 5.69 Å². The summed E-state index contributed by atoms with van der Waals surface area (Å²) in [5.74, 6) is -1.62. The fraction of sp³-hybridized carbons (Fsp3) is 0.375. The van der Waals surface area contributed by atoms with E-state index >= 15 is 0 Å². The first kappa shape index (κ1) is 16.7. The lowest BCUT2D eigenvalue weighted by Gasteiger charge is -2.25. The normalized spacial score (nSPS) is 13.3. The first-order valence-electron chi connectivity index (χ1n) is 7.41. The number of carboxylic acids is 1. The summed E-state index contributed by atoms with van der Waals surface area (Å²) in [6.07, 6.45) is 2.46. The van der Waals surface area contributed by atoms with Crippen LogP contribution in [-0.2, 0) is 4.79 Å². The summed E-state index contributed by atoms with van der Waals surface area (Å²) in [5.41, 5.74) is 0.602. The number of carbonyl (C=O) groups excluding carboxylic acids is 1. The maximum atomic E-state index is 12.3. The molecule has 1 amide bonds. The van der Waals surface area contributed by atoms with Gasteiger partial charge >= 0.3 is 5.97 Å². The second kappa shape index (κ2) is 6.60. The lowest BCUT2D eigenvalue weighted by Crippen LogP contribution is -2.52. The van der Waals surface area contributed by atoms with Crippen LogP contribution in [0.3, 0.4) is 0 Å². The number of hydrogen-bond acceptors (Lipinski definition) is 4. The quantitative estimate of drug-likeness (QED) is 0.849. The van der Waals surface area contributed by atoms with Crippen LogP contribution in [0.15, 0.2) is 30.5 Å². The van der Waals surface area contributed by atoms with Crippen LogP contribution in [0.5, 0.6) is 0 Å². The van der Waals surface area contributed by atoms with E-state index in [0.29, 0.717) is 12.8 Å². The van der Waals surface area contributed by atoms with Gasteiger partial charge in [-0.15, -0.1) is 5.10 Å². The van der Waals surface area contributed by atoms with Crippen LogP contribution in [0.4, 0.5) is 0 Å². The third kappa shape index (κ3) is 3.74. The molecule has 2 aromatic rings. The molecule has 23 heavy (non-hydrogen) atoms. The van der Waals surface area contributed by atoms with E-state index in [1.165, 1.54) is 17.8 Å². The first-order valence-corrected chi connectivity index (χ1v) is 7.41. The number of hydrogen-bond donors (Lipinski definition) is 2. The van der Waals surface area contributed by atoms with Crippen LogP contribution in [0.1, 0.15) is 42.7 Å². The highest BCUT2D eigenvalue weighted by molar-refractivity contribution is 5.96. The van der Waals surface area contributed by atoms with Crippen LogP contribution >= 0.6 is 0 Å². The summed E-state index contributed by atoms with van der Waals surface area (Å²) in [4.78, 5) is 23.6. The maximum absolute atomic E-state index is 12.3. The molecule has 122 valence electrons. The van der Waals surface area contributed by atoms with E-state index in [0.717, 1.165) is 11.3 Å². The molecule has 1 aromatic heterocycles. The highest BCUT2D eigenvalue weighted by Gasteiger charge is 2.34. The molecule has 7 nitrogen and oxygen atoms in total. The van der Waals surface area contributed by atoms with E-state index in [4.69, 9.17) is 0 Å². The average Bonchev–Trinajstić information content (AvgIpc) is 2.97. The molecule has 0 fully saturated rings. The van der Waals surface area contributed by atoms with Gasteiger partial charge in [-0.2, -0.15) is 0 Å². The number of nitrogens with zero attached hydrogens (tertiary/aromatic N) is 3. The summed E-state index contributed by atoms with van der Waals surface area (Å²) in [5, 5.41) is 19.6. The Morgan fingerprint density at radius 3 is 2.74 bits per heavy atom. The Kier molecular flexibility index (Phi) is 4.78. The molecule has 0 saturated heterocycles. The summed E-state index contributed by atoms with van der Waals surface area (Å²) in [6, 6.07) is 7.60. The Morgan fingerprint density at radius 2 is 2.13 bits per heavy atom. The van der Waals surface area contributed by atoms with Crippen molar-refractivity contribution in [3.05, 3.63) is 41.7 Å². The lowest BCUT2D eigenvalue weighted by molar-refractivity contribution is -0.144. The second-order valence-corrected chi connectivity index (χ2v) is 5.73. The zero-order chi connectivity index (χ0) is 17.0. The number of nitrogens with one attached hydrogen (secondary N) is 1. The topological polar surface area (TPSA) is 97.1 Å². The van der Waals surface area contributed by atoms with Crippen molar-refractivity contribution in [3.8, 4) is 5.69 Å². The van der Waals surface area contributed by atoms with Crippen molar-refractivity contribution in [1.29, 1.82) is 0 Å². The summed E-state index contributed by atoms with van der Waals surface area (Å²) in [7, 11) is 0. The zero-order valence-corrected chi connectivity index (χ0v) is 13.4. The fourth-order valence-electron chi connectivity index (χ4n) is 2.30. The van der Waals surface area contributed by atoms with Gasteiger partial charge in [-0.25, -0.2) is 9.48 Å². The minimum atomic E-state index is -1.32. The molecule has 2 rings (SSSR count). The average molecular weight is 316 g/mol. The lowest BCUT2D eigenvalue weighted by atomic mass is 9.96. The van der Waals surface area contributed by atoms with Crippen molar-refractivity contribution in [2.24, 2.45) is 0 Å². The summed E-state index contributed by atoms with van der Waals surface area (Å²) >= 11 is 0. The Balaban J connectivity index is 2.20. The Morgan fingerprint density at radius 1 is 1.39 bits per heavy atom. The molecule has 0 aliphatic rings. The third-order valence-electron chi connectivity index (χ3n) is 3.60. The molecule has 0 spiro atoms. The van der Waals surface area contributed by atoms with Crippen LogP contribution in [0, 0.1) is 6.92 Å². The molecule has 1 atom stereocenters. The maximum Gasteiger partial charge on any atom is 0.329 e. The smallest absolute Gasteiger partial charge is 0.329 e. The number of amides is 1. The zero-order valence-electron chi connectivity index (χ0n) is 13.4. The van der Waals surface area contributed by atoms with Crippen LogP contribution in [0.2, 0.25) is 0 Å². The molecule has 7 heteroatoms. The molecule has 0 radical (unpaired) electrons. The van der Waals surface area contributed by atoms with Crippen LogP contribution in [0.25, 0.3) is 5.69 Å². The van der Waals surface area contributed by atoms with Gasteiger partial charge in [0.25, 0.3) is 5.91 Å². The number of aromatic nitrogens is 3. The molecule has 0 saturated carbocycles. The van der Waals surface area contributed by atoms with Crippen molar-refractivity contribution < 1.29 is 14.7 Å². The number of carboxylic acid groups (broad SMARTS) is 1. The van der Waals surface area contributed by atoms with Crippen molar-refractivity contribution in [1.82, 2.24) is 20.3 Å².